The monoisotopic (exact) mass is 379 g/mol. The van der Waals surface area contributed by atoms with E-state index in [-0.39, 0.29) is 5.75 Å². The van der Waals surface area contributed by atoms with Crippen LogP contribution in [0, 0.1) is 0 Å². The van der Waals surface area contributed by atoms with Gasteiger partial charge in [0.2, 0.25) is 5.78 Å². The number of ether oxygens (including phenoxy) is 1. The number of alkyl halides is 2. The lowest BCUT2D eigenvalue weighted by atomic mass is 10.0. The molecule has 7 heteroatoms. The highest BCUT2D eigenvalue weighted by Gasteiger charge is 2.35. The van der Waals surface area contributed by atoms with E-state index >= 15 is 0 Å². The summed E-state index contributed by atoms with van der Waals surface area (Å²) in [5.74, 6) is -0.257. The quantitative estimate of drug-likeness (QED) is 0.542. The first-order chi connectivity index (χ1) is 12.5. The van der Waals surface area contributed by atoms with Gasteiger partial charge in [-0.15, -0.1) is 0 Å². The van der Waals surface area contributed by atoms with Crippen LogP contribution in [0.2, 0.25) is 5.02 Å². The number of carbonyl (C=O) groups is 2. The lowest BCUT2D eigenvalue weighted by Gasteiger charge is -2.23. The number of ketones is 1. The number of carbonyl (C=O) groups excluding carboxylic acids is 2. The van der Waals surface area contributed by atoms with Gasteiger partial charge in [-0.1, -0.05) is 41.9 Å². The highest BCUT2D eigenvalue weighted by molar-refractivity contribution is 6.31. The van der Waals surface area contributed by atoms with Crippen molar-refractivity contribution in [2.45, 2.75) is 25.6 Å². The van der Waals surface area contributed by atoms with Crippen LogP contribution < -0.4 is 4.74 Å². The summed E-state index contributed by atoms with van der Waals surface area (Å²) in [4.78, 5) is 25.1. The zero-order valence-corrected chi connectivity index (χ0v) is 14.5. The maximum absolute atomic E-state index is 12.2. The lowest BCUT2D eigenvalue weighted by Crippen LogP contribution is -2.28. The van der Waals surface area contributed by atoms with Crippen molar-refractivity contribution in [3.63, 3.8) is 0 Å². The minimum atomic E-state index is -2.56. The van der Waals surface area contributed by atoms with Gasteiger partial charge < -0.3 is 4.74 Å². The van der Waals surface area contributed by atoms with Crippen LogP contribution in [0.1, 0.15) is 22.7 Å². The smallest absolute Gasteiger partial charge is 0.272 e. The number of hydrogen-bond acceptors (Lipinski definition) is 4. The van der Waals surface area contributed by atoms with Crippen LogP contribution in [0.3, 0.4) is 0 Å². The van der Waals surface area contributed by atoms with Crippen LogP contribution in [0.5, 0.6) is 5.75 Å². The highest BCUT2D eigenvalue weighted by atomic mass is 35.5. The second kappa shape index (κ2) is 7.93. The average molecular weight is 380 g/mol. The van der Waals surface area contributed by atoms with E-state index in [2.05, 4.69) is 0 Å². The fraction of sp³-hybridized carbons (Fsp3) is 0.263. The van der Waals surface area contributed by atoms with E-state index in [1.54, 1.807) is 12.1 Å². The van der Waals surface area contributed by atoms with E-state index in [1.165, 1.54) is 6.07 Å². The van der Waals surface area contributed by atoms with Gasteiger partial charge in [-0.3, -0.25) is 14.5 Å². The van der Waals surface area contributed by atoms with Gasteiger partial charge >= 0.3 is 0 Å². The Morgan fingerprint density at radius 2 is 2.08 bits per heavy atom. The summed E-state index contributed by atoms with van der Waals surface area (Å²) in [5.41, 5.74) is 2.52. The number of hydrogen-bond donors (Lipinski definition) is 0. The summed E-state index contributed by atoms with van der Waals surface area (Å²) in [6.07, 6.45) is -2.23. The van der Waals surface area contributed by atoms with Crippen molar-refractivity contribution < 1.29 is 23.1 Å². The fourth-order valence-corrected chi connectivity index (χ4v) is 3.35. The third kappa shape index (κ3) is 3.92. The van der Waals surface area contributed by atoms with E-state index in [4.69, 9.17) is 16.3 Å². The minimum Gasteiger partial charge on any atom is -0.488 e. The Morgan fingerprint density at radius 1 is 1.31 bits per heavy atom. The molecule has 1 aliphatic heterocycles. The molecule has 0 N–H and O–H groups in total. The SMILES string of the molecule is O=CC(=O)C1c2ccccc2CN1Cc1ccc(OCC(F)F)cc1Cl. The van der Waals surface area contributed by atoms with Crippen LogP contribution in [0.15, 0.2) is 42.5 Å². The molecule has 0 saturated carbocycles. The van der Waals surface area contributed by atoms with Gasteiger partial charge in [0.25, 0.3) is 6.43 Å². The molecule has 0 fully saturated rings. The van der Waals surface area contributed by atoms with Gasteiger partial charge in [-0.25, -0.2) is 8.78 Å². The zero-order chi connectivity index (χ0) is 18.7. The molecule has 0 radical (unpaired) electrons. The molecule has 0 aromatic heterocycles. The van der Waals surface area contributed by atoms with E-state index < -0.39 is 24.9 Å². The van der Waals surface area contributed by atoms with E-state index in [9.17, 15) is 18.4 Å². The molecule has 26 heavy (non-hydrogen) atoms. The number of Topliss-reactive ketones (excluding diaryl/α,β-unsaturated/α-hetero) is 1. The molecule has 2 aromatic carbocycles. The summed E-state index contributed by atoms with van der Waals surface area (Å²) in [5, 5.41) is 0.352. The molecular weight excluding hydrogens is 364 g/mol. The van der Waals surface area contributed by atoms with Gasteiger partial charge in [0, 0.05) is 18.1 Å². The Balaban J connectivity index is 1.80. The molecule has 1 heterocycles. The standard InChI is InChI=1S/C19H16ClF2NO3/c20-16-7-14(26-11-18(21)22)6-5-13(16)9-23-8-12-3-1-2-4-15(12)19(23)17(25)10-24/h1-7,10,18-19H,8-9,11H2. The summed E-state index contributed by atoms with van der Waals surface area (Å²) in [6.45, 7) is 0.153. The third-order valence-electron chi connectivity index (χ3n) is 4.25. The first-order valence-corrected chi connectivity index (χ1v) is 8.37. The molecular formula is C19H16ClF2NO3. The first kappa shape index (κ1) is 18.5. The minimum absolute atomic E-state index is 0.254. The first-order valence-electron chi connectivity index (χ1n) is 8.00. The summed E-state index contributed by atoms with van der Waals surface area (Å²) >= 11 is 6.25. The van der Waals surface area contributed by atoms with E-state index in [0.29, 0.717) is 30.0 Å². The van der Waals surface area contributed by atoms with E-state index in [1.807, 2.05) is 29.2 Å². The molecule has 3 rings (SSSR count). The van der Waals surface area contributed by atoms with Crippen molar-refractivity contribution in [1.82, 2.24) is 4.90 Å². The molecule has 1 aliphatic rings. The van der Waals surface area contributed by atoms with Crippen molar-refractivity contribution in [2.24, 2.45) is 0 Å². The molecule has 1 unspecified atom stereocenters. The largest absolute Gasteiger partial charge is 0.488 e. The second-order valence-electron chi connectivity index (χ2n) is 5.98. The number of fused-ring (bicyclic) bond motifs is 1. The fourth-order valence-electron chi connectivity index (χ4n) is 3.12. The van der Waals surface area contributed by atoms with Crippen LogP contribution in [-0.4, -0.2) is 30.0 Å². The average Bonchev–Trinajstić information content (AvgIpc) is 2.99. The van der Waals surface area contributed by atoms with Crippen molar-refractivity contribution in [2.75, 3.05) is 6.61 Å². The van der Waals surface area contributed by atoms with Crippen molar-refractivity contribution in [3.8, 4) is 5.75 Å². The van der Waals surface area contributed by atoms with Crippen molar-refractivity contribution in [3.05, 3.63) is 64.2 Å². The van der Waals surface area contributed by atoms with Crippen LogP contribution in [0.4, 0.5) is 8.78 Å². The maximum atomic E-state index is 12.2. The van der Waals surface area contributed by atoms with Crippen LogP contribution >= 0.6 is 11.6 Å². The Labute approximate surface area is 154 Å². The number of rotatable bonds is 7. The molecule has 0 amide bonds. The predicted octanol–water partition coefficient (Wildman–Crippen LogP) is 3.81. The predicted molar refractivity (Wildman–Crippen MR) is 92.5 cm³/mol. The number of nitrogens with zero attached hydrogens (tertiary/aromatic N) is 1. The highest BCUT2D eigenvalue weighted by Crippen LogP contribution is 2.36. The van der Waals surface area contributed by atoms with Gasteiger partial charge in [0.05, 0.1) is 0 Å². The summed E-state index contributed by atoms with van der Waals surface area (Å²) in [6, 6.07) is 11.5. The molecule has 136 valence electrons. The zero-order valence-electron chi connectivity index (χ0n) is 13.7. The summed E-state index contributed by atoms with van der Waals surface area (Å²) in [7, 11) is 0. The number of benzene rings is 2. The maximum Gasteiger partial charge on any atom is 0.272 e. The molecule has 0 saturated heterocycles. The van der Waals surface area contributed by atoms with E-state index in [0.717, 1.165) is 11.1 Å². The number of halogens is 3. The van der Waals surface area contributed by atoms with Crippen molar-refractivity contribution in [1.29, 1.82) is 0 Å². The second-order valence-corrected chi connectivity index (χ2v) is 6.39. The third-order valence-corrected chi connectivity index (χ3v) is 4.60. The number of aldehydes is 1. The molecule has 1 atom stereocenters. The molecule has 4 nitrogen and oxygen atoms in total. The van der Waals surface area contributed by atoms with Crippen molar-refractivity contribution >= 4 is 23.7 Å². The molecule has 0 aliphatic carbocycles. The van der Waals surface area contributed by atoms with Crippen LogP contribution in [0.25, 0.3) is 0 Å². The molecule has 2 aromatic rings. The lowest BCUT2D eigenvalue weighted by molar-refractivity contribution is -0.133. The van der Waals surface area contributed by atoms with Gasteiger partial charge in [-0.2, -0.15) is 0 Å². The Hall–Kier alpha value is -2.31. The topological polar surface area (TPSA) is 46.6 Å². The Bertz CT molecular complexity index is 828. The normalized spacial score (nSPS) is 16.5. The molecule has 0 spiro atoms. The van der Waals surface area contributed by atoms with Crippen LogP contribution in [-0.2, 0) is 22.7 Å². The van der Waals surface area contributed by atoms with Gasteiger partial charge in [0.15, 0.2) is 6.29 Å². The molecule has 0 bridgehead atoms. The Morgan fingerprint density at radius 3 is 2.77 bits per heavy atom. The Kier molecular flexibility index (Phi) is 5.64. The van der Waals surface area contributed by atoms with Gasteiger partial charge in [-0.05, 0) is 28.8 Å². The van der Waals surface area contributed by atoms with Gasteiger partial charge in [0.1, 0.15) is 18.4 Å². The summed E-state index contributed by atoms with van der Waals surface area (Å²) < 4.78 is 29.4.